The van der Waals surface area contributed by atoms with E-state index in [2.05, 4.69) is 4.74 Å². The number of carboxylic acid groups (broad SMARTS) is 2. The van der Waals surface area contributed by atoms with E-state index in [1.807, 2.05) is 0 Å². The van der Waals surface area contributed by atoms with E-state index in [0.29, 0.717) is 45.2 Å². The first-order valence-electron chi connectivity index (χ1n) is 8.11. The second-order valence-corrected chi connectivity index (χ2v) is 6.00. The molecule has 2 N–H and O–H groups in total. The highest BCUT2D eigenvalue weighted by atomic mass is 16.7. The molecule has 0 aromatic carbocycles. The average Bonchev–Trinajstić information content (AvgIpc) is 3.14. The Hall–Kier alpha value is -2.32. The van der Waals surface area contributed by atoms with Crippen LogP contribution in [0.15, 0.2) is 0 Å². The van der Waals surface area contributed by atoms with Crippen molar-refractivity contribution in [3.63, 3.8) is 0 Å². The van der Waals surface area contributed by atoms with E-state index in [1.165, 1.54) is 9.80 Å². The Bertz CT molecular complexity index is 522. The first-order chi connectivity index (χ1) is 11.4. The zero-order valence-electron chi connectivity index (χ0n) is 13.3. The van der Waals surface area contributed by atoms with E-state index >= 15 is 0 Å². The van der Waals surface area contributed by atoms with E-state index in [1.54, 1.807) is 0 Å². The fraction of sp³-hybridized carbons (Fsp3) is 0.733. The van der Waals surface area contributed by atoms with Crippen molar-refractivity contribution in [1.82, 2.24) is 9.80 Å². The molecule has 0 radical (unpaired) electrons. The van der Waals surface area contributed by atoms with Gasteiger partial charge in [-0.15, -0.1) is 0 Å². The van der Waals surface area contributed by atoms with E-state index in [0.717, 1.165) is 0 Å². The third-order valence-electron chi connectivity index (χ3n) is 4.39. The number of likely N-dealkylation sites (tertiary alicyclic amines) is 2. The maximum Gasteiger partial charge on any atom is 0.507 e. The van der Waals surface area contributed by atoms with Gasteiger partial charge in [-0.1, -0.05) is 0 Å². The standard InChI is InChI=1S/C15H22N2O7/c18-11(16-8-2-4-10(16)14(20)21)5-1-6-12(19)17-9-3-7-13(17)24-15(22)23/h10,13H,1-9H2,(H,20,21)(H,22,23)/t10-,13?/m1/s1. The van der Waals surface area contributed by atoms with Gasteiger partial charge < -0.3 is 24.7 Å². The summed E-state index contributed by atoms with van der Waals surface area (Å²) in [6, 6.07) is -0.764. The lowest BCUT2D eigenvalue weighted by molar-refractivity contribution is -0.148. The van der Waals surface area contributed by atoms with Crippen molar-refractivity contribution in [2.45, 2.75) is 57.2 Å². The van der Waals surface area contributed by atoms with Crippen LogP contribution in [0.3, 0.4) is 0 Å². The van der Waals surface area contributed by atoms with Gasteiger partial charge in [0.05, 0.1) is 0 Å². The Morgan fingerprint density at radius 3 is 2.12 bits per heavy atom. The third-order valence-corrected chi connectivity index (χ3v) is 4.39. The van der Waals surface area contributed by atoms with Crippen LogP contribution in [0, 0.1) is 0 Å². The number of amides is 2. The minimum atomic E-state index is -1.41. The molecular formula is C15H22N2O7. The number of hydrogen-bond acceptors (Lipinski definition) is 5. The van der Waals surface area contributed by atoms with Crippen LogP contribution in [0.1, 0.15) is 44.9 Å². The van der Waals surface area contributed by atoms with Gasteiger partial charge in [0.1, 0.15) is 6.04 Å². The normalized spacial score (nSPS) is 23.3. The lowest BCUT2D eigenvalue weighted by Crippen LogP contribution is -2.40. The van der Waals surface area contributed by atoms with Crippen LogP contribution in [0.2, 0.25) is 0 Å². The van der Waals surface area contributed by atoms with Crippen LogP contribution in [0.25, 0.3) is 0 Å². The van der Waals surface area contributed by atoms with Crippen LogP contribution in [0.4, 0.5) is 4.79 Å². The topological polar surface area (TPSA) is 124 Å². The van der Waals surface area contributed by atoms with Crippen LogP contribution in [-0.4, -0.2) is 69.3 Å². The maximum absolute atomic E-state index is 12.1. The van der Waals surface area contributed by atoms with E-state index in [9.17, 15) is 19.2 Å². The van der Waals surface area contributed by atoms with Crippen molar-refractivity contribution in [3.05, 3.63) is 0 Å². The molecule has 0 aromatic heterocycles. The van der Waals surface area contributed by atoms with Gasteiger partial charge in [-0.05, 0) is 25.7 Å². The van der Waals surface area contributed by atoms with Gasteiger partial charge in [0.15, 0.2) is 6.23 Å². The van der Waals surface area contributed by atoms with Crippen molar-refractivity contribution in [3.8, 4) is 0 Å². The number of aliphatic carboxylic acids is 1. The number of nitrogens with zero attached hydrogens (tertiary/aromatic N) is 2. The molecule has 0 bridgehead atoms. The summed E-state index contributed by atoms with van der Waals surface area (Å²) in [7, 11) is 0. The lowest BCUT2D eigenvalue weighted by Gasteiger charge is -2.24. The smallest absolute Gasteiger partial charge is 0.480 e. The summed E-state index contributed by atoms with van der Waals surface area (Å²) in [5.41, 5.74) is 0. The molecule has 2 amide bonds. The van der Waals surface area contributed by atoms with Crippen molar-refractivity contribution in [2.24, 2.45) is 0 Å². The molecule has 24 heavy (non-hydrogen) atoms. The van der Waals surface area contributed by atoms with Crippen LogP contribution >= 0.6 is 0 Å². The lowest BCUT2D eigenvalue weighted by atomic mass is 10.2. The Balaban J connectivity index is 1.77. The predicted molar refractivity (Wildman–Crippen MR) is 80.1 cm³/mol. The number of carboxylic acids is 1. The fourth-order valence-corrected chi connectivity index (χ4v) is 3.26. The molecule has 134 valence electrons. The molecule has 0 aliphatic carbocycles. The first-order valence-corrected chi connectivity index (χ1v) is 8.11. The average molecular weight is 342 g/mol. The summed E-state index contributed by atoms with van der Waals surface area (Å²) in [5.74, 6) is -1.50. The molecule has 2 fully saturated rings. The molecule has 2 aliphatic rings. The quantitative estimate of drug-likeness (QED) is 0.686. The predicted octanol–water partition coefficient (Wildman–Crippen LogP) is 0.875. The minimum absolute atomic E-state index is 0.105. The number of ether oxygens (including phenoxy) is 1. The Morgan fingerprint density at radius 2 is 1.50 bits per heavy atom. The second kappa shape index (κ2) is 7.98. The van der Waals surface area contributed by atoms with Gasteiger partial charge in [-0.3, -0.25) is 9.59 Å². The molecule has 9 nitrogen and oxygen atoms in total. The Morgan fingerprint density at radius 1 is 0.917 bits per heavy atom. The molecule has 2 saturated heterocycles. The van der Waals surface area contributed by atoms with Gasteiger partial charge in [-0.2, -0.15) is 0 Å². The van der Waals surface area contributed by atoms with E-state index in [4.69, 9.17) is 10.2 Å². The zero-order chi connectivity index (χ0) is 17.7. The van der Waals surface area contributed by atoms with Crippen LogP contribution in [-0.2, 0) is 19.1 Å². The maximum atomic E-state index is 12.1. The summed E-state index contributed by atoms with van der Waals surface area (Å²) in [6.45, 7) is 0.877. The molecule has 0 aromatic rings. The minimum Gasteiger partial charge on any atom is -0.480 e. The van der Waals surface area contributed by atoms with Crippen molar-refractivity contribution in [1.29, 1.82) is 0 Å². The van der Waals surface area contributed by atoms with Crippen molar-refractivity contribution in [2.75, 3.05) is 13.1 Å². The summed E-state index contributed by atoms with van der Waals surface area (Å²) in [6.07, 6.45) is 0.638. The van der Waals surface area contributed by atoms with Crippen LogP contribution in [0.5, 0.6) is 0 Å². The molecule has 0 spiro atoms. The summed E-state index contributed by atoms with van der Waals surface area (Å²) in [5, 5.41) is 17.7. The summed E-state index contributed by atoms with van der Waals surface area (Å²) in [4.78, 5) is 48.7. The van der Waals surface area contributed by atoms with Gasteiger partial charge in [-0.25, -0.2) is 9.59 Å². The first kappa shape index (κ1) is 18.0. The molecule has 2 aliphatic heterocycles. The van der Waals surface area contributed by atoms with E-state index < -0.39 is 24.4 Å². The highest BCUT2D eigenvalue weighted by Crippen LogP contribution is 2.22. The SMILES string of the molecule is O=C(O)OC1CCCN1C(=O)CCCC(=O)N1CCC[C@@H]1C(=O)O. The van der Waals surface area contributed by atoms with Gasteiger partial charge in [0.2, 0.25) is 11.8 Å². The number of rotatable bonds is 6. The highest BCUT2D eigenvalue weighted by Gasteiger charge is 2.34. The van der Waals surface area contributed by atoms with Gasteiger partial charge >= 0.3 is 12.1 Å². The molecule has 0 saturated carbocycles. The molecule has 1 unspecified atom stereocenters. The van der Waals surface area contributed by atoms with Crippen molar-refractivity contribution >= 4 is 23.9 Å². The van der Waals surface area contributed by atoms with Crippen LogP contribution < -0.4 is 0 Å². The number of carbonyl (C=O) groups excluding carboxylic acids is 2. The fourth-order valence-electron chi connectivity index (χ4n) is 3.26. The molecule has 2 rings (SSSR count). The largest absolute Gasteiger partial charge is 0.507 e. The van der Waals surface area contributed by atoms with Gasteiger partial charge in [0, 0.05) is 32.4 Å². The Labute approximate surface area is 139 Å². The number of carbonyl (C=O) groups is 4. The monoisotopic (exact) mass is 342 g/mol. The zero-order valence-corrected chi connectivity index (χ0v) is 13.3. The highest BCUT2D eigenvalue weighted by molar-refractivity contribution is 5.84. The van der Waals surface area contributed by atoms with E-state index in [-0.39, 0.29) is 24.7 Å². The molecular weight excluding hydrogens is 320 g/mol. The molecule has 2 heterocycles. The Kier molecular flexibility index (Phi) is 5.99. The third kappa shape index (κ3) is 4.36. The summed E-state index contributed by atoms with van der Waals surface area (Å²) < 4.78 is 4.68. The second-order valence-electron chi connectivity index (χ2n) is 6.00. The summed E-state index contributed by atoms with van der Waals surface area (Å²) >= 11 is 0. The number of hydrogen-bond donors (Lipinski definition) is 2. The van der Waals surface area contributed by atoms with Gasteiger partial charge in [0.25, 0.3) is 0 Å². The molecule has 2 atom stereocenters. The van der Waals surface area contributed by atoms with Crippen molar-refractivity contribution < 1.29 is 34.1 Å². The molecule has 9 heteroatoms.